The second kappa shape index (κ2) is 5.02. The third-order valence-electron chi connectivity index (χ3n) is 3.92. The average molecular weight is 300 g/mol. The average Bonchev–Trinajstić information content (AvgIpc) is 3.05. The molecule has 0 aromatic carbocycles. The molecule has 0 spiro atoms. The van der Waals surface area contributed by atoms with Gasteiger partial charge in [-0.15, -0.1) is 15.3 Å². The molecule has 0 bridgehead atoms. The number of hydrogen-bond acceptors (Lipinski definition) is 8. The first kappa shape index (κ1) is 13.1. The highest BCUT2D eigenvalue weighted by Crippen LogP contribution is 2.21. The molecule has 22 heavy (non-hydrogen) atoms. The predicted octanol–water partition coefficient (Wildman–Crippen LogP) is 0.136. The molecule has 0 amide bonds. The van der Waals surface area contributed by atoms with Crippen molar-refractivity contribution in [3.63, 3.8) is 0 Å². The first-order valence-electron chi connectivity index (χ1n) is 7.10. The molecule has 9 nitrogen and oxygen atoms in total. The summed E-state index contributed by atoms with van der Waals surface area (Å²) in [6, 6.07) is 4.36. The predicted molar refractivity (Wildman–Crippen MR) is 77.3 cm³/mol. The van der Waals surface area contributed by atoms with Crippen LogP contribution < -0.4 is 4.90 Å². The molecule has 0 saturated carbocycles. The SMILES string of the molecule is Cc1nc(CN(C)C2CN(c3ccc4nncn4n3)C2)no1. The number of anilines is 1. The molecule has 0 atom stereocenters. The number of likely N-dealkylation sites (N-methyl/N-ethyl adjacent to an activating group) is 1. The zero-order chi connectivity index (χ0) is 15.1. The van der Waals surface area contributed by atoms with Crippen LogP contribution in [0.5, 0.6) is 0 Å². The van der Waals surface area contributed by atoms with Crippen LogP contribution in [0.25, 0.3) is 5.65 Å². The summed E-state index contributed by atoms with van der Waals surface area (Å²) in [5.74, 6) is 2.26. The highest BCUT2D eigenvalue weighted by Gasteiger charge is 2.31. The van der Waals surface area contributed by atoms with Crippen LogP contribution in [0, 0.1) is 6.92 Å². The molecule has 3 aromatic rings. The van der Waals surface area contributed by atoms with Gasteiger partial charge in [-0.25, -0.2) is 0 Å². The van der Waals surface area contributed by atoms with E-state index in [1.54, 1.807) is 17.8 Å². The third-order valence-corrected chi connectivity index (χ3v) is 3.92. The van der Waals surface area contributed by atoms with Crippen molar-refractivity contribution < 1.29 is 4.52 Å². The Hall–Kier alpha value is -2.55. The quantitative estimate of drug-likeness (QED) is 0.672. The monoisotopic (exact) mass is 300 g/mol. The second-order valence-corrected chi connectivity index (χ2v) is 5.53. The number of aryl methyl sites for hydroxylation is 1. The molecule has 0 N–H and O–H groups in total. The van der Waals surface area contributed by atoms with E-state index in [1.165, 1.54) is 0 Å². The minimum Gasteiger partial charge on any atom is -0.352 e. The maximum atomic E-state index is 5.00. The molecular formula is C13H16N8O. The van der Waals surface area contributed by atoms with Gasteiger partial charge in [-0.3, -0.25) is 4.90 Å². The molecule has 0 aliphatic carbocycles. The van der Waals surface area contributed by atoms with E-state index in [0.29, 0.717) is 18.5 Å². The van der Waals surface area contributed by atoms with Crippen molar-refractivity contribution in [1.82, 2.24) is 34.9 Å². The van der Waals surface area contributed by atoms with Crippen LogP contribution in [0.3, 0.4) is 0 Å². The Morgan fingerprint density at radius 3 is 3.00 bits per heavy atom. The maximum Gasteiger partial charge on any atom is 0.223 e. The van der Waals surface area contributed by atoms with Crippen LogP contribution >= 0.6 is 0 Å². The van der Waals surface area contributed by atoms with Gasteiger partial charge in [0.2, 0.25) is 5.89 Å². The Labute approximate surface area is 126 Å². The Balaban J connectivity index is 1.38. The van der Waals surface area contributed by atoms with Crippen LogP contribution in [0.2, 0.25) is 0 Å². The van der Waals surface area contributed by atoms with Crippen molar-refractivity contribution in [3.05, 3.63) is 30.2 Å². The first-order valence-corrected chi connectivity index (χ1v) is 7.10. The van der Waals surface area contributed by atoms with Gasteiger partial charge in [0.25, 0.3) is 0 Å². The fraction of sp³-hybridized carbons (Fsp3) is 0.462. The molecule has 9 heteroatoms. The van der Waals surface area contributed by atoms with E-state index >= 15 is 0 Å². The Morgan fingerprint density at radius 1 is 1.36 bits per heavy atom. The molecule has 1 aliphatic rings. The van der Waals surface area contributed by atoms with E-state index in [9.17, 15) is 0 Å². The normalized spacial score (nSPS) is 15.7. The summed E-state index contributed by atoms with van der Waals surface area (Å²) in [6.45, 7) is 4.34. The van der Waals surface area contributed by atoms with E-state index in [2.05, 4.69) is 42.3 Å². The fourth-order valence-electron chi connectivity index (χ4n) is 2.57. The maximum absolute atomic E-state index is 5.00. The van der Waals surface area contributed by atoms with Crippen LogP contribution in [0.15, 0.2) is 23.0 Å². The Kier molecular flexibility index (Phi) is 3.00. The topological polar surface area (TPSA) is 88.5 Å². The molecule has 1 saturated heterocycles. The van der Waals surface area contributed by atoms with Gasteiger partial charge in [-0.1, -0.05) is 5.16 Å². The molecular weight excluding hydrogens is 284 g/mol. The number of aromatic nitrogens is 6. The first-order chi connectivity index (χ1) is 10.7. The Bertz CT molecular complexity index is 790. The van der Waals surface area contributed by atoms with Crippen molar-refractivity contribution >= 4 is 11.5 Å². The van der Waals surface area contributed by atoms with Crippen LogP contribution in [-0.2, 0) is 6.54 Å². The lowest BCUT2D eigenvalue weighted by molar-refractivity contribution is 0.190. The van der Waals surface area contributed by atoms with Gasteiger partial charge in [0, 0.05) is 26.1 Å². The summed E-state index contributed by atoms with van der Waals surface area (Å²) < 4.78 is 6.69. The highest BCUT2D eigenvalue weighted by atomic mass is 16.5. The van der Waals surface area contributed by atoms with E-state index in [0.717, 1.165) is 30.4 Å². The number of fused-ring (bicyclic) bond motifs is 1. The van der Waals surface area contributed by atoms with Gasteiger partial charge in [0.15, 0.2) is 11.5 Å². The summed E-state index contributed by atoms with van der Waals surface area (Å²) in [5.41, 5.74) is 0.755. The molecule has 4 rings (SSSR count). The van der Waals surface area contributed by atoms with Crippen molar-refractivity contribution in [2.75, 3.05) is 25.0 Å². The lowest BCUT2D eigenvalue weighted by atomic mass is 10.1. The fourth-order valence-corrected chi connectivity index (χ4v) is 2.57. The van der Waals surface area contributed by atoms with Crippen molar-refractivity contribution in [2.24, 2.45) is 0 Å². The van der Waals surface area contributed by atoms with Crippen LogP contribution in [0.1, 0.15) is 11.7 Å². The highest BCUT2D eigenvalue weighted by molar-refractivity contribution is 5.47. The smallest absolute Gasteiger partial charge is 0.223 e. The van der Waals surface area contributed by atoms with Crippen LogP contribution in [0.4, 0.5) is 5.82 Å². The van der Waals surface area contributed by atoms with Gasteiger partial charge in [0.05, 0.1) is 6.54 Å². The molecule has 4 heterocycles. The van der Waals surface area contributed by atoms with Crippen molar-refractivity contribution in [1.29, 1.82) is 0 Å². The van der Waals surface area contributed by atoms with Gasteiger partial charge in [0.1, 0.15) is 12.1 Å². The largest absolute Gasteiger partial charge is 0.352 e. The second-order valence-electron chi connectivity index (χ2n) is 5.53. The molecule has 3 aromatic heterocycles. The van der Waals surface area contributed by atoms with Crippen molar-refractivity contribution in [2.45, 2.75) is 19.5 Å². The molecule has 1 fully saturated rings. The summed E-state index contributed by atoms with van der Waals surface area (Å²) in [7, 11) is 2.07. The third kappa shape index (κ3) is 2.29. The lowest BCUT2D eigenvalue weighted by Gasteiger charge is -2.44. The van der Waals surface area contributed by atoms with Crippen LogP contribution in [-0.4, -0.2) is 61.0 Å². The van der Waals surface area contributed by atoms with Crippen molar-refractivity contribution in [3.8, 4) is 0 Å². The number of hydrogen-bond donors (Lipinski definition) is 0. The number of nitrogens with zero attached hydrogens (tertiary/aromatic N) is 8. The molecule has 114 valence electrons. The molecule has 1 aliphatic heterocycles. The zero-order valence-electron chi connectivity index (χ0n) is 12.4. The minimum absolute atomic E-state index is 0.456. The van der Waals surface area contributed by atoms with Gasteiger partial charge in [-0.05, 0) is 19.2 Å². The summed E-state index contributed by atoms with van der Waals surface area (Å²) in [5, 5.41) is 16.2. The molecule has 0 radical (unpaired) electrons. The summed E-state index contributed by atoms with van der Waals surface area (Å²) >= 11 is 0. The van der Waals surface area contributed by atoms with E-state index in [-0.39, 0.29) is 0 Å². The summed E-state index contributed by atoms with van der Waals surface area (Å²) in [6.07, 6.45) is 1.61. The van der Waals surface area contributed by atoms with E-state index in [1.807, 2.05) is 12.1 Å². The standard InChI is InChI=1S/C13H16N8O/c1-9-15-11(18-22-9)7-19(2)10-5-20(6-10)13-4-3-12-16-14-8-21(12)17-13/h3-4,8,10H,5-7H2,1-2H3. The van der Waals surface area contributed by atoms with Gasteiger partial charge < -0.3 is 9.42 Å². The molecule has 0 unspecified atom stereocenters. The Morgan fingerprint density at radius 2 is 2.23 bits per heavy atom. The van der Waals surface area contributed by atoms with Gasteiger partial charge in [-0.2, -0.15) is 9.50 Å². The zero-order valence-corrected chi connectivity index (χ0v) is 12.4. The van der Waals surface area contributed by atoms with E-state index < -0.39 is 0 Å². The summed E-state index contributed by atoms with van der Waals surface area (Å²) in [4.78, 5) is 8.69. The van der Waals surface area contributed by atoms with E-state index in [4.69, 9.17) is 4.52 Å². The lowest BCUT2D eigenvalue weighted by Crippen LogP contribution is -2.58. The minimum atomic E-state index is 0.456. The van der Waals surface area contributed by atoms with Gasteiger partial charge >= 0.3 is 0 Å². The number of rotatable bonds is 4.